The molecule has 0 spiro atoms. The van der Waals surface area contributed by atoms with Gasteiger partial charge in [0.05, 0.1) is 6.20 Å². The third kappa shape index (κ3) is 2.94. The largest absolute Gasteiger partial charge is 0.480 e. The van der Waals surface area contributed by atoms with Crippen molar-refractivity contribution in [3.8, 4) is 0 Å². The minimum absolute atomic E-state index is 0.0113. The molecule has 6 nitrogen and oxygen atoms in total. The Kier molecular flexibility index (Phi) is 3.95. The van der Waals surface area contributed by atoms with E-state index in [2.05, 4.69) is 4.98 Å². The molecule has 2 atom stereocenters. The molecule has 0 bridgehead atoms. The molecule has 1 N–H and O–H groups in total. The lowest BCUT2D eigenvalue weighted by Crippen LogP contribution is -2.44. The van der Waals surface area contributed by atoms with E-state index in [0.29, 0.717) is 4.88 Å². The number of carbonyl (C=O) groups excluding carboxylic acids is 1. The minimum Gasteiger partial charge on any atom is -0.480 e. The van der Waals surface area contributed by atoms with E-state index in [-0.39, 0.29) is 18.1 Å². The molecule has 2 heterocycles. The number of nitrogens with zero attached hydrogens (tertiary/aromatic N) is 2. The molecule has 0 radical (unpaired) electrons. The Morgan fingerprint density at radius 1 is 1.48 bits per heavy atom. The van der Waals surface area contributed by atoms with Crippen molar-refractivity contribution in [2.75, 3.05) is 6.61 Å². The molecule has 2 fully saturated rings. The molecular formula is C14H18N2O4S. The summed E-state index contributed by atoms with van der Waals surface area (Å²) in [6.07, 6.45) is 5.23. The van der Waals surface area contributed by atoms with Crippen molar-refractivity contribution < 1.29 is 19.4 Å². The second-order valence-electron chi connectivity index (χ2n) is 5.52. The molecule has 1 aromatic heterocycles. The topological polar surface area (TPSA) is 79.7 Å². The molecule has 7 heteroatoms. The van der Waals surface area contributed by atoms with Crippen LogP contribution in [-0.4, -0.2) is 45.6 Å². The van der Waals surface area contributed by atoms with Crippen LogP contribution in [-0.2, 0) is 9.53 Å². The predicted octanol–water partition coefficient (Wildman–Crippen LogP) is 2.07. The van der Waals surface area contributed by atoms with E-state index in [1.165, 1.54) is 16.2 Å². The van der Waals surface area contributed by atoms with Crippen molar-refractivity contribution in [3.05, 3.63) is 16.1 Å². The van der Waals surface area contributed by atoms with Crippen LogP contribution in [0.4, 0.5) is 0 Å². The number of aliphatic carboxylic acids is 1. The van der Waals surface area contributed by atoms with E-state index in [0.717, 1.165) is 37.3 Å². The Bertz CT molecular complexity index is 549. The number of thiazole rings is 1. The fourth-order valence-electron chi connectivity index (χ4n) is 2.56. The number of carbonyl (C=O) groups is 2. The number of carboxylic acids is 1. The highest BCUT2D eigenvalue weighted by Crippen LogP contribution is 2.34. The Balaban J connectivity index is 1.78. The van der Waals surface area contributed by atoms with Crippen LogP contribution in [0.5, 0.6) is 0 Å². The molecule has 21 heavy (non-hydrogen) atoms. The van der Waals surface area contributed by atoms with E-state index in [1.807, 2.05) is 0 Å². The first-order valence-corrected chi connectivity index (χ1v) is 8.02. The summed E-state index contributed by atoms with van der Waals surface area (Å²) < 4.78 is 5.57. The van der Waals surface area contributed by atoms with Gasteiger partial charge in [0.1, 0.15) is 22.0 Å². The molecule has 1 aromatic rings. The highest BCUT2D eigenvalue weighted by molar-refractivity contribution is 7.13. The summed E-state index contributed by atoms with van der Waals surface area (Å²) in [5.74, 6) is -1.20. The lowest BCUT2D eigenvalue weighted by atomic mass is 10.2. The quantitative estimate of drug-likeness (QED) is 0.900. The van der Waals surface area contributed by atoms with Gasteiger partial charge in [-0.25, -0.2) is 9.78 Å². The zero-order chi connectivity index (χ0) is 15.0. The summed E-state index contributed by atoms with van der Waals surface area (Å²) in [6.45, 7) is 2.29. The first-order valence-electron chi connectivity index (χ1n) is 7.20. The molecule has 1 amide bonds. The molecule has 1 aliphatic heterocycles. The third-order valence-electron chi connectivity index (χ3n) is 3.89. The van der Waals surface area contributed by atoms with Gasteiger partial charge in [-0.2, -0.15) is 0 Å². The van der Waals surface area contributed by atoms with E-state index in [4.69, 9.17) is 4.74 Å². The molecule has 3 rings (SSSR count). The maximum absolute atomic E-state index is 12.6. The number of carboxylic acid groups (broad SMARTS) is 1. The molecule has 1 aliphatic carbocycles. The molecule has 1 saturated heterocycles. The minimum atomic E-state index is -0.973. The Morgan fingerprint density at radius 3 is 2.81 bits per heavy atom. The Hall–Kier alpha value is -1.47. The van der Waals surface area contributed by atoms with E-state index < -0.39 is 12.0 Å². The number of aromatic nitrogens is 1. The van der Waals surface area contributed by atoms with Crippen LogP contribution >= 0.6 is 11.3 Å². The summed E-state index contributed by atoms with van der Waals surface area (Å²) in [4.78, 5) is 30.1. The van der Waals surface area contributed by atoms with Gasteiger partial charge in [-0.1, -0.05) is 0 Å². The van der Waals surface area contributed by atoms with Gasteiger partial charge in [-0.3, -0.25) is 4.79 Å². The summed E-state index contributed by atoms with van der Waals surface area (Å²) in [5.41, 5.74) is 0. The monoisotopic (exact) mass is 310 g/mol. The van der Waals surface area contributed by atoms with Gasteiger partial charge in [0.25, 0.3) is 5.91 Å². The standard InChI is InChI=1S/C14H18N2O4S/c1-8(14(18)19)16(9-4-5-9)13(17)11-7-15-12(21-11)10-3-2-6-20-10/h7-10H,2-6H2,1H3,(H,18,19). The van der Waals surface area contributed by atoms with Crippen molar-refractivity contribution in [2.45, 2.75) is 50.8 Å². The molecule has 2 aliphatic rings. The van der Waals surface area contributed by atoms with Crippen LogP contribution in [0.25, 0.3) is 0 Å². The Labute approximate surface area is 126 Å². The van der Waals surface area contributed by atoms with E-state index in [9.17, 15) is 14.7 Å². The zero-order valence-electron chi connectivity index (χ0n) is 11.8. The van der Waals surface area contributed by atoms with Gasteiger partial charge in [0, 0.05) is 12.6 Å². The highest BCUT2D eigenvalue weighted by atomic mass is 32.1. The summed E-state index contributed by atoms with van der Waals surface area (Å²) in [5, 5.41) is 9.99. The summed E-state index contributed by atoms with van der Waals surface area (Å²) in [7, 11) is 0. The van der Waals surface area contributed by atoms with Crippen LogP contribution in [0.3, 0.4) is 0 Å². The van der Waals surface area contributed by atoms with Crippen molar-refractivity contribution in [1.29, 1.82) is 0 Å². The molecular weight excluding hydrogens is 292 g/mol. The van der Waals surface area contributed by atoms with Gasteiger partial charge in [0.2, 0.25) is 0 Å². The highest BCUT2D eigenvalue weighted by Gasteiger charge is 2.39. The van der Waals surface area contributed by atoms with Crippen LogP contribution < -0.4 is 0 Å². The van der Waals surface area contributed by atoms with Crippen molar-refractivity contribution in [3.63, 3.8) is 0 Å². The lowest BCUT2D eigenvalue weighted by molar-refractivity contribution is -0.141. The van der Waals surface area contributed by atoms with Gasteiger partial charge in [0.15, 0.2) is 0 Å². The van der Waals surface area contributed by atoms with Crippen LogP contribution in [0.1, 0.15) is 53.4 Å². The average Bonchev–Trinajstić information content (AvgIpc) is 2.97. The third-order valence-corrected chi connectivity index (χ3v) is 4.97. The van der Waals surface area contributed by atoms with Crippen LogP contribution in [0, 0.1) is 0 Å². The molecule has 0 aromatic carbocycles. The molecule has 1 saturated carbocycles. The summed E-state index contributed by atoms with van der Waals surface area (Å²) in [6, 6.07) is -0.754. The Morgan fingerprint density at radius 2 is 2.24 bits per heavy atom. The van der Waals surface area contributed by atoms with Crippen molar-refractivity contribution in [2.24, 2.45) is 0 Å². The van der Waals surface area contributed by atoms with Crippen LogP contribution in [0.2, 0.25) is 0 Å². The maximum Gasteiger partial charge on any atom is 0.326 e. The number of hydrogen-bond acceptors (Lipinski definition) is 5. The smallest absolute Gasteiger partial charge is 0.326 e. The van der Waals surface area contributed by atoms with Gasteiger partial charge >= 0.3 is 5.97 Å². The van der Waals surface area contributed by atoms with E-state index in [1.54, 1.807) is 13.1 Å². The SMILES string of the molecule is CC(C(=O)O)N(C(=O)c1cnc(C2CCCO2)s1)C1CC1. The first-order chi connectivity index (χ1) is 10.1. The van der Waals surface area contributed by atoms with Gasteiger partial charge in [-0.15, -0.1) is 11.3 Å². The number of amides is 1. The second kappa shape index (κ2) is 5.73. The zero-order valence-corrected chi connectivity index (χ0v) is 12.6. The van der Waals surface area contributed by atoms with Gasteiger partial charge < -0.3 is 14.7 Å². The summed E-state index contributed by atoms with van der Waals surface area (Å²) >= 11 is 1.32. The average molecular weight is 310 g/mol. The van der Waals surface area contributed by atoms with E-state index >= 15 is 0 Å². The molecule has 114 valence electrons. The lowest BCUT2D eigenvalue weighted by Gasteiger charge is -2.25. The number of hydrogen-bond donors (Lipinski definition) is 1. The number of ether oxygens (including phenoxy) is 1. The van der Waals surface area contributed by atoms with Crippen molar-refractivity contribution >= 4 is 23.2 Å². The number of rotatable bonds is 5. The molecule has 2 unspecified atom stereocenters. The fourth-order valence-corrected chi connectivity index (χ4v) is 3.51. The maximum atomic E-state index is 12.6. The first kappa shape index (κ1) is 14.5. The normalized spacial score (nSPS) is 23.0. The van der Waals surface area contributed by atoms with Gasteiger partial charge in [-0.05, 0) is 32.6 Å². The fraction of sp³-hybridized carbons (Fsp3) is 0.643. The second-order valence-corrected chi connectivity index (χ2v) is 6.58. The van der Waals surface area contributed by atoms with Crippen LogP contribution in [0.15, 0.2) is 6.20 Å². The predicted molar refractivity (Wildman–Crippen MR) is 76.3 cm³/mol. The van der Waals surface area contributed by atoms with Crippen molar-refractivity contribution in [1.82, 2.24) is 9.88 Å².